The monoisotopic (exact) mass is 341 g/mol. The number of rotatable bonds is 4. The number of non-ortho nitro benzene ring substituents is 1. The van der Waals surface area contributed by atoms with Crippen LogP contribution in [0, 0.1) is 21.4 Å². The van der Waals surface area contributed by atoms with E-state index in [0.717, 1.165) is 26.2 Å². The molecule has 130 valence electrons. The van der Waals surface area contributed by atoms with Gasteiger partial charge in [0.25, 0.3) is 5.69 Å². The second-order valence-electron chi connectivity index (χ2n) is 6.24. The highest BCUT2D eigenvalue weighted by atomic mass is 16.6. The standard InChI is InChI=1S/C17H19N5O3/c1-12(23)11-20-4-6-21(7-5-20)17-8-13(10-18)15-9-14(22(24)25)2-3-16(15)19-17/h2-3,8-9,12,23H,4-7,11H2,1H3/t12-/m1/s1. The molecule has 1 aliphatic heterocycles. The van der Waals surface area contributed by atoms with Crippen LogP contribution in [0.15, 0.2) is 24.3 Å². The maximum atomic E-state index is 10.9. The van der Waals surface area contributed by atoms with E-state index >= 15 is 0 Å². The van der Waals surface area contributed by atoms with Crippen LogP contribution in [0.1, 0.15) is 12.5 Å². The molecule has 1 aliphatic rings. The smallest absolute Gasteiger partial charge is 0.270 e. The Hall–Kier alpha value is -2.76. The van der Waals surface area contributed by atoms with E-state index in [0.29, 0.717) is 28.8 Å². The number of piperazine rings is 1. The topological polar surface area (TPSA) is 107 Å². The highest BCUT2D eigenvalue weighted by Crippen LogP contribution is 2.26. The van der Waals surface area contributed by atoms with Gasteiger partial charge in [0.2, 0.25) is 0 Å². The molecule has 3 rings (SSSR count). The van der Waals surface area contributed by atoms with Gasteiger partial charge in [0, 0.05) is 50.2 Å². The van der Waals surface area contributed by atoms with Crippen molar-refractivity contribution in [2.45, 2.75) is 13.0 Å². The Morgan fingerprint density at radius 1 is 1.36 bits per heavy atom. The van der Waals surface area contributed by atoms with E-state index in [2.05, 4.69) is 20.9 Å². The molecule has 0 unspecified atom stereocenters. The highest BCUT2D eigenvalue weighted by molar-refractivity contribution is 5.88. The third kappa shape index (κ3) is 3.68. The van der Waals surface area contributed by atoms with Gasteiger partial charge in [0.05, 0.1) is 28.2 Å². The fourth-order valence-electron chi connectivity index (χ4n) is 3.10. The van der Waals surface area contributed by atoms with E-state index in [1.165, 1.54) is 12.1 Å². The number of nitro benzene ring substituents is 1. The molecule has 0 aliphatic carbocycles. The summed E-state index contributed by atoms with van der Waals surface area (Å²) in [5.41, 5.74) is 0.909. The Morgan fingerprint density at radius 2 is 2.08 bits per heavy atom. The number of pyridine rings is 1. The molecule has 0 amide bonds. The maximum absolute atomic E-state index is 10.9. The highest BCUT2D eigenvalue weighted by Gasteiger charge is 2.20. The zero-order valence-electron chi connectivity index (χ0n) is 13.9. The molecule has 1 atom stereocenters. The minimum Gasteiger partial charge on any atom is -0.392 e. The third-order valence-corrected chi connectivity index (χ3v) is 4.33. The number of anilines is 1. The Kier molecular flexibility index (Phi) is 4.79. The first kappa shape index (κ1) is 17.1. The van der Waals surface area contributed by atoms with E-state index in [4.69, 9.17) is 0 Å². The summed E-state index contributed by atoms with van der Waals surface area (Å²) in [6.07, 6.45) is -0.355. The van der Waals surface area contributed by atoms with E-state index < -0.39 is 4.92 Å². The average molecular weight is 341 g/mol. The molecule has 0 spiro atoms. The Balaban J connectivity index is 1.87. The number of aromatic nitrogens is 1. The van der Waals surface area contributed by atoms with Crippen LogP contribution in [0.25, 0.3) is 10.9 Å². The second kappa shape index (κ2) is 7.01. The van der Waals surface area contributed by atoms with E-state index in [1.807, 2.05) is 0 Å². The van der Waals surface area contributed by atoms with Crippen LogP contribution in [0.2, 0.25) is 0 Å². The van der Waals surface area contributed by atoms with Gasteiger partial charge in [0.15, 0.2) is 0 Å². The molecular formula is C17H19N5O3. The maximum Gasteiger partial charge on any atom is 0.270 e. The lowest BCUT2D eigenvalue weighted by atomic mass is 10.1. The number of aliphatic hydroxyl groups is 1. The fourth-order valence-corrected chi connectivity index (χ4v) is 3.10. The van der Waals surface area contributed by atoms with Crippen LogP contribution in [-0.4, -0.2) is 58.7 Å². The van der Waals surface area contributed by atoms with Crippen LogP contribution >= 0.6 is 0 Å². The first-order chi connectivity index (χ1) is 12.0. The molecule has 0 bridgehead atoms. The number of aliphatic hydroxyl groups excluding tert-OH is 1. The summed E-state index contributed by atoms with van der Waals surface area (Å²) in [5.74, 6) is 0.703. The first-order valence-corrected chi connectivity index (χ1v) is 8.12. The lowest BCUT2D eigenvalue weighted by Crippen LogP contribution is -2.48. The van der Waals surface area contributed by atoms with Gasteiger partial charge in [-0.3, -0.25) is 15.0 Å². The number of benzene rings is 1. The molecule has 8 nitrogen and oxygen atoms in total. The molecule has 0 saturated carbocycles. The van der Waals surface area contributed by atoms with Gasteiger partial charge in [-0.2, -0.15) is 5.26 Å². The Labute approximate surface area is 145 Å². The van der Waals surface area contributed by atoms with Crippen molar-refractivity contribution >= 4 is 22.4 Å². The number of hydrogen-bond donors (Lipinski definition) is 1. The van der Waals surface area contributed by atoms with Crippen LogP contribution < -0.4 is 4.90 Å². The molecule has 8 heteroatoms. The summed E-state index contributed by atoms with van der Waals surface area (Å²) in [5, 5.41) is 30.3. The van der Waals surface area contributed by atoms with Gasteiger partial charge in [-0.25, -0.2) is 4.98 Å². The number of nitrogens with zero attached hydrogens (tertiary/aromatic N) is 5. The summed E-state index contributed by atoms with van der Waals surface area (Å²) in [7, 11) is 0. The lowest BCUT2D eigenvalue weighted by Gasteiger charge is -2.36. The van der Waals surface area contributed by atoms with Crippen molar-refractivity contribution in [2.75, 3.05) is 37.6 Å². The van der Waals surface area contributed by atoms with E-state index in [1.54, 1.807) is 19.1 Å². The molecule has 1 aromatic heterocycles. The van der Waals surface area contributed by atoms with Gasteiger partial charge in [-0.15, -0.1) is 0 Å². The second-order valence-corrected chi connectivity index (χ2v) is 6.24. The van der Waals surface area contributed by atoms with Crippen LogP contribution in [0.3, 0.4) is 0 Å². The lowest BCUT2D eigenvalue weighted by molar-refractivity contribution is -0.384. The normalized spacial score (nSPS) is 16.6. The zero-order valence-corrected chi connectivity index (χ0v) is 13.9. The minimum atomic E-state index is -0.476. The van der Waals surface area contributed by atoms with Crippen molar-refractivity contribution in [3.8, 4) is 6.07 Å². The van der Waals surface area contributed by atoms with Crippen molar-refractivity contribution in [3.05, 3.63) is 39.9 Å². The van der Waals surface area contributed by atoms with Crippen LogP contribution in [0.4, 0.5) is 11.5 Å². The quantitative estimate of drug-likeness (QED) is 0.663. The molecule has 1 fully saturated rings. The van der Waals surface area contributed by atoms with Crippen molar-refractivity contribution in [1.82, 2.24) is 9.88 Å². The van der Waals surface area contributed by atoms with Gasteiger partial charge in [-0.05, 0) is 19.1 Å². The molecule has 0 radical (unpaired) electrons. The van der Waals surface area contributed by atoms with Crippen molar-refractivity contribution < 1.29 is 10.0 Å². The molecular weight excluding hydrogens is 322 g/mol. The van der Waals surface area contributed by atoms with Crippen molar-refractivity contribution in [3.63, 3.8) is 0 Å². The van der Waals surface area contributed by atoms with Crippen molar-refractivity contribution in [2.24, 2.45) is 0 Å². The molecule has 2 aromatic rings. The van der Waals surface area contributed by atoms with Gasteiger partial charge >= 0.3 is 0 Å². The predicted octanol–water partition coefficient (Wildman–Crippen LogP) is 1.52. The largest absolute Gasteiger partial charge is 0.392 e. The van der Waals surface area contributed by atoms with Gasteiger partial charge in [0.1, 0.15) is 5.82 Å². The van der Waals surface area contributed by atoms with Gasteiger partial charge in [-0.1, -0.05) is 0 Å². The van der Waals surface area contributed by atoms with Crippen LogP contribution in [0.5, 0.6) is 0 Å². The number of fused-ring (bicyclic) bond motifs is 1. The Morgan fingerprint density at radius 3 is 2.68 bits per heavy atom. The summed E-state index contributed by atoms with van der Waals surface area (Å²) < 4.78 is 0. The van der Waals surface area contributed by atoms with Crippen LogP contribution in [-0.2, 0) is 0 Å². The number of nitriles is 1. The summed E-state index contributed by atoms with van der Waals surface area (Å²) >= 11 is 0. The van der Waals surface area contributed by atoms with E-state index in [9.17, 15) is 20.5 Å². The predicted molar refractivity (Wildman–Crippen MR) is 93.4 cm³/mol. The zero-order chi connectivity index (χ0) is 18.0. The molecule has 2 heterocycles. The van der Waals surface area contributed by atoms with Crippen molar-refractivity contribution in [1.29, 1.82) is 5.26 Å². The SMILES string of the molecule is C[C@@H](O)CN1CCN(c2cc(C#N)c3cc([N+](=O)[O-])ccc3n2)CC1. The fraction of sp³-hybridized carbons (Fsp3) is 0.412. The third-order valence-electron chi connectivity index (χ3n) is 4.33. The Bertz CT molecular complexity index is 838. The number of nitro groups is 1. The average Bonchev–Trinajstić information content (AvgIpc) is 2.60. The first-order valence-electron chi connectivity index (χ1n) is 8.12. The summed E-state index contributed by atoms with van der Waals surface area (Å²) in [6, 6.07) is 8.19. The summed E-state index contributed by atoms with van der Waals surface area (Å²) in [4.78, 5) is 19.3. The number of hydrogen-bond acceptors (Lipinski definition) is 7. The van der Waals surface area contributed by atoms with E-state index in [-0.39, 0.29) is 11.8 Å². The number of β-amino-alcohol motifs (C(OH)–C–C–N with tert-alkyl or cyclic N) is 1. The minimum absolute atomic E-state index is 0.0507. The molecule has 1 N–H and O–H groups in total. The van der Waals surface area contributed by atoms with Gasteiger partial charge < -0.3 is 10.0 Å². The molecule has 25 heavy (non-hydrogen) atoms. The summed E-state index contributed by atoms with van der Waals surface area (Å²) in [6.45, 7) is 5.55. The molecule has 1 saturated heterocycles. The molecule has 1 aromatic carbocycles.